The number of carbonyl (C=O) groups excluding carboxylic acids is 1. The molecule has 0 aromatic carbocycles. The number of hydrogen-bond donors (Lipinski definition) is 2. The Bertz CT molecular complexity index is 402. The molecular formula is C10H13N3O2. The van der Waals surface area contributed by atoms with Crippen LogP contribution in [0.3, 0.4) is 0 Å². The Hall–Kier alpha value is -2.04. The number of pyridine rings is 1. The summed E-state index contributed by atoms with van der Waals surface area (Å²) in [6, 6.07) is 1.60. The zero-order chi connectivity index (χ0) is 11.4. The lowest BCUT2D eigenvalue weighted by atomic mass is 10.3. The number of carbonyl (C=O) groups is 1. The second-order valence-electron chi connectivity index (χ2n) is 3.05. The van der Waals surface area contributed by atoms with Crippen LogP contribution in [-0.4, -0.2) is 18.0 Å². The Morgan fingerprint density at radius 1 is 1.67 bits per heavy atom. The van der Waals surface area contributed by atoms with Gasteiger partial charge in [-0.2, -0.15) is 0 Å². The third-order valence-corrected chi connectivity index (χ3v) is 1.75. The topological polar surface area (TPSA) is 77.2 Å². The van der Waals surface area contributed by atoms with Crippen LogP contribution in [0.5, 0.6) is 5.75 Å². The molecule has 0 spiro atoms. The summed E-state index contributed by atoms with van der Waals surface area (Å²) >= 11 is 0. The van der Waals surface area contributed by atoms with Crippen LogP contribution in [0.25, 0.3) is 0 Å². The minimum absolute atomic E-state index is 0.261. The molecule has 0 aliphatic carbocycles. The fourth-order valence-corrected chi connectivity index (χ4v) is 0.925. The van der Waals surface area contributed by atoms with Crippen molar-refractivity contribution in [2.45, 2.75) is 6.92 Å². The number of rotatable bonds is 3. The smallest absolute Gasteiger partial charge is 0.250 e. The number of nitrogens with zero attached hydrogens (tertiary/aromatic N) is 1. The van der Waals surface area contributed by atoms with Crippen LogP contribution in [0, 0.1) is 0 Å². The zero-order valence-corrected chi connectivity index (χ0v) is 8.70. The third-order valence-electron chi connectivity index (χ3n) is 1.75. The molecule has 0 unspecified atom stereocenters. The van der Waals surface area contributed by atoms with E-state index in [1.165, 1.54) is 13.3 Å². The molecule has 1 rings (SSSR count). The van der Waals surface area contributed by atoms with Crippen molar-refractivity contribution in [3.05, 3.63) is 24.4 Å². The molecule has 0 aliphatic heterocycles. The van der Waals surface area contributed by atoms with Gasteiger partial charge in [0.2, 0.25) is 0 Å². The second-order valence-corrected chi connectivity index (χ2v) is 3.05. The summed E-state index contributed by atoms with van der Waals surface area (Å²) < 4.78 is 4.97. The molecule has 1 heterocycles. The van der Waals surface area contributed by atoms with Gasteiger partial charge in [-0.3, -0.25) is 4.79 Å². The van der Waals surface area contributed by atoms with Crippen molar-refractivity contribution < 1.29 is 9.53 Å². The monoisotopic (exact) mass is 207 g/mol. The van der Waals surface area contributed by atoms with Gasteiger partial charge in [-0.25, -0.2) is 4.98 Å². The highest BCUT2D eigenvalue weighted by atomic mass is 16.5. The first kappa shape index (κ1) is 11.0. The summed E-state index contributed by atoms with van der Waals surface area (Å²) in [6.07, 6.45) is 1.46. The number of hydrogen-bond acceptors (Lipinski definition) is 4. The number of nitrogens with two attached hydrogens (primary N) is 1. The first-order valence-electron chi connectivity index (χ1n) is 4.31. The van der Waals surface area contributed by atoms with Gasteiger partial charge in [0, 0.05) is 11.6 Å². The number of amides is 1. The van der Waals surface area contributed by atoms with Crippen LogP contribution in [0.4, 0.5) is 11.5 Å². The Labute approximate surface area is 88.0 Å². The number of ether oxygens (including phenoxy) is 1. The van der Waals surface area contributed by atoms with E-state index in [1.54, 1.807) is 13.0 Å². The van der Waals surface area contributed by atoms with Crippen LogP contribution in [-0.2, 0) is 4.79 Å². The normalized spacial score (nSPS) is 9.47. The molecule has 80 valence electrons. The zero-order valence-electron chi connectivity index (χ0n) is 8.70. The van der Waals surface area contributed by atoms with E-state index in [-0.39, 0.29) is 11.7 Å². The average molecular weight is 207 g/mol. The lowest BCUT2D eigenvalue weighted by Gasteiger charge is -2.07. The Balaban J connectivity index is 2.87. The molecule has 0 bridgehead atoms. The van der Waals surface area contributed by atoms with Crippen molar-refractivity contribution in [1.82, 2.24) is 4.98 Å². The molecule has 0 saturated carbocycles. The van der Waals surface area contributed by atoms with Crippen LogP contribution >= 0.6 is 0 Å². The molecule has 0 atom stereocenters. The Morgan fingerprint density at radius 2 is 2.33 bits per heavy atom. The van der Waals surface area contributed by atoms with E-state index in [1.807, 2.05) is 0 Å². The van der Waals surface area contributed by atoms with E-state index >= 15 is 0 Å². The summed E-state index contributed by atoms with van der Waals surface area (Å²) in [5.41, 5.74) is 6.47. The van der Waals surface area contributed by atoms with Gasteiger partial charge in [-0.1, -0.05) is 6.58 Å². The molecule has 0 aliphatic rings. The van der Waals surface area contributed by atoms with E-state index in [2.05, 4.69) is 16.9 Å². The summed E-state index contributed by atoms with van der Waals surface area (Å²) in [4.78, 5) is 15.2. The van der Waals surface area contributed by atoms with Crippen molar-refractivity contribution in [2.24, 2.45) is 0 Å². The molecule has 5 heteroatoms. The molecule has 1 aromatic rings. The van der Waals surface area contributed by atoms with Crippen LogP contribution in [0.2, 0.25) is 0 Å². The summed E-state index contributed by atoms with van der Waals surface area (Å²) in [6.45, 7) is 5.15. The highest BCUT2D eigenvalue weighted by molar-refractivity contribution is 6.02. The summed E-state index contributed by atoms with van der Waals surface area (Å²) in [5.74, 6) is 0.448. The van der Waals surface area contributed by atoms with Gasteiger partial charge in [0.05, 0.1) is 19.0 Å². The van der Waals surface area contributed by atoms with Crippen molar-refractivity contribution in [2.75, 3.05) is 18.2 Å². The molecule has 1 amide bonds. The van der Waals surface area contributed by atoms with Gasteiger partial charge in [-0.05, 0) is 6.92 Å². The maximum absolute atomic E-state index is 11.3. The Kier molecular flexibility index (Phi) is 3.28. The van der Waals surface area contributed by atoms with E-state index in [9.17, 15) is 4.79 Å². The maximum atomic E-state index is 11.3. The lowest BCUT2D eigenvalue weighted by molar-refractivity contribution is -0.112. The van der Waals surface area contributed by atoms with Gasteiger partial charge < -0.3 is 15.8 Å². The van der Waals surface area contributed by atoms with Crippen molar-refractivity contribution in [3.8, 4) is 5.75 Å². The van der Waals surface area contributed by atoms with E-state index < -0.39 is 0 Å². The largest absolute Gasteiger partial charge is 0.493 e. The standard InChI is InChI=1S/C10H13N3O2/c1-6(2)10(14)13-7-4-8(15-3)9(11)12-5-7/h4-5H,1H2,2-3H3,(H2,11,12)(H,13,14). The van der Waals surface area contributed by atoms with E-state index in [0.29, 0.717) is 17.0 Å². The molecule has 15 heavy (non-hydrogen) atoms. The summed E-state index contributed by atoms with van der Waals surface area (Å²) in [7, 11) is 1.48. The molecule has 0 radical (unpaired) electrons. The van der Waals surface area contributed by atoms with Gasteiger partial charge >= 0.3 is 0 Å². The highest BCUT2D eigenvalue weighted by Gasteiger charge is 2.06. The van der Waals surface area contributed by atoms with Crippen molar-refractivity contribution in [3.63, 3.8) is 0 Å². The highest BCUT2D eigenvalue weighted by Crippen LogP contribution is 2.22. The number of nitrogens with one attached hydrogen (secondary N) is 1. The van der Waals surface area contributed by atoms with Crippen LogP contribution in [0.1, 0.15) is 6.92 Å². The molecule has 0 fully saturated rings. The Morgan fingerprint density at radius 3 is 2.87 bits per heavy atom. The molecule has 3 N–H and O–H groups in total. The van der Waals surface area contributed by atoms with Crippen LogP contribution in [0.15, 0.2) is 24.4 Å². The van der Waals surface area contributed by atoms with E-state index in [0.717, 1.165) is 0 Å². The fraction of sp³-hybridized carbons (Fsp3) is 0.200. The SMILES string of the molecule is C=C(C)C(=O)Nc1cnc(N)c(OC)c1. The van der Waals surface area contributed by atoms with Crippen molar-refractivity contribution in [1.29, 1.82) is 0 Å². The summed E-state index contributed by atoms with van der Waals surface area (Å²) in [5, 5.41) is 2.61. The molecule has 5 nitrogen and oxygen atoms in total. The quantitative estimate of drug-likeness (QED) is 0.730. The van der Waals surface area contributed by atoms with E-state index in [4.69, 9.17) is 10.5 Å². The minimum atomic E-state index is -0.261. The predicted molar refractivity (Wildman–Crippen MR) is 58.6 cm³/mol. The van der Waals surface area contributed by atoms with Crippen molar-refractivity contribution >= 4 is 17.4 Å². The minimum Gasteiger partial charge on any atom is -0.493 e. The molecule has 1 aromatic heterocycles. The molecule has 0 saturated heterocycles. The van der Waals surface area contributed by atoms with Crippen LogP contribution < -0.4 is 15.8 Å². The van der Waals surface area contributed by atoms with Gasteiger partial charge in [-0.15, -0.1) is 0 Å². The molecular weight excluding hydrogens is 194 g/mol. The second kappa shape index (κ2) is 4.45. The predicted octanol–water partition coefficient (Wildman–Crippen LogP) is 1.19. The number of anilines is 2. The number of nitrogen functional groups attached to an aromatic ring is 1. The van der Waals surface area contributed by atoms with Gasteiger partial charge in [0.25, 0.3) is 5.91 Å². The third kappa shape index (κ3) is 2.70. The average Bonchev–Trinajstić information content (AvgIpc) is 2.20. The first-order valence-corrected chi connectivity index (χ1v) is 4.31. The first-order chi connectivity index (χ1) is 7.04. The lowest BCUT2D eigenvalue weighted by Crippen LogP contribution is -2.12. The maximum Gasteiger partial charge on any atom is 0.250 e. The van der Waals surface area contributed by atoms with Gasteiger partial charge in [0.15, 0.2) is 11.6 Å². The fourth-order valence-electron chi connectivity index (χ4n) is 0.925. The van der Waals surface area contributed by atoms with Gasteiger partial charge in [0.1, 0.15) is 0 Å². The number of methoxy groups -OCH3 is 1. The number of aromatic nitrogens is 1.